The molecule has 1 aromatic carbocycles. The molecule has 2 amide bonds. The molecule has 4 rings (SSSR count). The number of carbonyl (C=O) groups excluding carboxylic acids is 2. The van der Waals surface area contributed by atoms with E-state index >= 15 is 0 Å². The van der Waals surface area contributed by atoms with Crippen LogP contribution in [0.3, 0.4) is 0 Å². The minimum atomic E-state index is -1.67. The molecule has 4 N–H and O–H groups in total. The van der Waals surface area contributed by atoms with Gasteiger partial charge in [0.1, 0.15) is 12.2 Å². The van der Waals surface area contributed by atoms with Gasteiger partial charge in [0.05, 0.1) is 52.1 Å². The summed E-state index contributed by atoms with van der Waals surface area (Å²) >= 11 is 0. The zero-order valence-electron chi connectivity index (χ0n) is 21.7. The molecular weight excluding hydrogens is 501 g/mol. The number of amides is 2. The van der Waals surface area contributed by atoms with Gasteiger partial charge in [-0.3, -0.25) is 14.6 Å². The average Bonchev–Trinajstić information content (AvgIpc) is 3.33. The zero-order chi connectivity index (χ0) is 28.2. The van der Waals surface area contributed by atoms with Crippen LogP contribution < -0.4 is 16.0 Å². The fourth-order valence-corrected chi connectivity index (χ4v) is 3.75. The van der Waals surface area contributed by atoms with Crippen LogP contribution in [0.5, 0.6) is 0 Å². The van der Waals surface area contributed by atoms with Crippen molar-refractivity contribution in [2.24, 2.45) is 0 Å². The molecule has 1 atom stereocenters. The Morgan fingerprint density at radius 1 is 1.13 bits per heavy atom. The Morgan fingerprint density at radius 2 is 1.87 bits per heavy atom. The Labute approximate surface area is 224 Å². The minimum Gasteiger partial charge on any atom is -0.387 e. The standard InChI is InChI=1S/C28H28FN7O3/c1-17(37)31-13-18-4-6-20(7-5-18)35-23-11-24(25-9-8-21-10-19(12-30)14-34-36(21)25)32-15-22(23)27(38)33-16-26(29)28(2,3)39/h4-11,14-15,26,39H,13,16H2,1-3H3,(H,31,37)(H,32,35)(H,33,38)/t26-/m1/s1. The van der Waals surface area contributed by atoms with E-state index in [4.69, 9.17) is 5.26 Å². The normalized spacial score (nSPS) is 12.0. The lowest BCUT2D eigenvalue weighted by Gasteiger charge is -2.22. The molecule has 0 aliphatic heterocycles. The lowest BCUT2D eigenvalue weighted by atomic mass is 10.0. The Morgan fingerprint density at radius 3 is 2.54 bits per heavy atom. The highest BCUT2D eigenvalue weighted by molar-refractivity contribution is 6.00. The molecule has 3 heterocycles. The number of alkyl halides is 1. The quantitative estimate of drug-likeness (QED) is 0.260. The summed E-state index contributed by atoms with van der Waals surface area (Å²) in [5.74, 6) is -0.698. The molecule has 0 radical (unpaired) electrons. The number of pyridine rings is 1. The van der Waals surface area contributed by atoms with Crippen LogP contribution in [0.15, 0.2) is 60.9 Å². The summed E-state index contributed by atoms with van der Waals surface area (Å²) in [6.07, 6.45) is 1.17. The summed E-state index contributed by atoms with van der Waals surface area (Å²) in [4.78, 5) is 28.7. The number of fused-ring (bicyclic) bond motifs is 1. The molecule has 0 spiro atoms. The highest BCUT2D eigenvalue weighted by Gasteiger charge is 2.27. The number of halogens is 1. The van der Waals surface area contributed by atoms with Gasteiger partial charge in [0.25, 0.3) is 5.91 Å². The van der Waals surface area contributed by atoms with Crippen molar-refractivity contribution in [1.29, 1.82) is 5.26 Å². The van der Waals surface area contributed by atoms with Gasteiger partial charge in [-0.15, -0.1) is 0 Å². The predicted molar refractivity (Wildman–Crippen MR) is 144 cm³/mol. The number of anilines is 2. The number of benzene rings is 1. The van der Waals surface area contributed by atoms with Crippen molar-refractivity contribution in [3.63, 3.8) is 0 Å². The number of nitrogens with zero attached hydrogens (tertiary/aromatic N) is 4. The molecule has 0 fully saturated rings. The van der Waals surface area contributed by atoms with Crippen molar-refractivity contribution in [2.75, 3.05) is 11.9 Å². The third-order valence-electron chi connectivity index (χ3n) is 6.02. The summed E-state index contributed by atoms with van der Waals surface area (Å²) in [6, 6.07) is 16.4. The summed E-state index contributed by atoms with van der Waals surface area (Å²) < 4.78 is 15.9. The number of rotatable bonds is 9. The minimum absolute atomic E-state index is 0.131. The van der Waals surface area contributed by atoms with Gasteiger partial charge in [0.15, 0.2) is 0 Å². The van der Waals surface area contributed by atoms with Crippen LogP contribution in [0.25, 0.3) is 16.9 Å². The van der Waals surface area contributed by atoms with Gasteiger partial charge >= 0.3 is 0 Å². The maximum absolute atomic E-state index is 14.3. The third kappa shape index (κ3) is 6.55. The highest BCUT2D eigenvalue weighted by atomic mass is 19.1. The number of carbonyl (C=O) groups is 2. The van der Waals surface area contributed by atoms with E-state index in [0.717, 1.165) is 5.56 Å². The molecule has 0 bridgehead atoms. The molecule has 3 aromatic heterocycles. The Bertz CT molecular complexity index is 1550. The number of aliphatic hydroxyl groups is 1. The van der Waals surface area contributed by atoms with Crippen LogP contribution in [0.2, 0.25) is 0 Å². The van der Waals surface area contributed by atoms with Crippen LogP contribution in [0.1, 0.15) is 42.3 Å². The maximum atomic E-state index is 14.3. The fraction of sp³-hybridized carbons (Fsp3) is 0.250. The van der Waals surface area contributed by atoms with E-state index in [9.17, 15) is 19.1 Å². The molecule has 0 aliphatic carbocycles. The second-order valence-corrected chi connectivity index (χ2v) is 9.59. The van der Waals surface area contributed by atoms with Gasteiger partial charge in [0.2, 0.25) is 5.91 Å². The molecule has 0 saturated carbocycles. The van der Waals surface area contributed by atoms with E-state index in [0.29, 0.717) is 40.4 Å². The summed E-state index contributed by atoms with van der Waals surface area (Å²) in [5.41, 5.74) is 2.82. The first-order chi connectivity index (χ1) is 18.5. The van der Waals surface area contributed by atoms with Crippen molar-refractivity contribution < 1.29 is 19.1 Å². The third-order valence-corrected chi connectivity index (χ3v) is 6.02. The lowest BCUT2D eigenvalue weighted by Crippen LogP contribution is -2.42. The van der Waals surface area contributed by atoms with Gasteiger partial charge in [-0.1, -0.05) is 12.1 Å². The summed E-state index contributed by atoms with van der Waals surface area (Å²) in [7, 11) is 0. The van der Waals surface area contributed by atoms with Crippen LogP contribution in [0, 0.1) is 11.3 Å². The van der Waals surface area contributed by atoms with Gasteiger partial charge in [-0.25, -0.2) is 8.91 Å². The molecule has 0 aliphatic rings. The number of aromatic nitrogens is 3. The second kappa shape index (κ2) is 11.3. The van der Waals surface area contributed by atoms with E-state index in [1.165, 1.54) is 33.2 Å². The molecule has 11 heteroatoms. The number of nitrogens with one attached hydrogen (secondary N) is 3. The van der Waals surface area contributed by atoms with Crippen LogP contribution in [0.4, 0.5) is 15.8 Å². The predicted octanol–water partition coefficient (Wildman–Crippen LogP) is 3.49. The van der Waals surface area contributed by atoms with Gasteiger partial charge in [-0.05, 0) is 55.8 Å². The SMILES string of the molecule is CC(=O)NCc1ccc(Nc2cc(-c3ccc4cc(C#N)cnn34)ncc2C(=O)NC[C@@H](F)C(C)(C)O)cc1. The van der Waals surface area contributed by atoms with E-state index in [1.807, 2.05) is 36.4 Å². The molecule has 39 heavy (non-hydrogen) atoms. The van der Waals surface area contributed by atoms with Crippen molar-refractivity contribution in [3.8, 4) is 17.5 Å². The smallest absolute Gasteiger partial charge is 0.255 e. The van der Waals surface area contributed by atoms with E-state index < -0.39 is 17.7 Å². The molecule has 10 nitrogen and oxygen atoms in total. The highest BCUT2D eigenvalue weighted by Crippen LogP contribution is 2.28. The molecule has 0 saturated heterocycles. The average molecular weight is 530 g/mol. The Kier molecular flexibility index (Phi) is 7.88. The monoisotopic (exact) mass is 529 g/mol. The van der Waals surface area contributed by atoms with E-state index in [-0.39, 0.29) is 18.0 Å². The van der Waals surface area contributed by atoms with Crippen molar-refractivity contribution in [2.45, 2.75) is 39.1 Å². The molecule has 4 aromatic rings. The Balaban J connectivity index is 1.67. The van der Waals surface area contributed by atoms with E-state index in [1.54, 1.807) is 16.6 Å². The summed E-state index contributed by atoms with van der Waals surface area (Å²) in [6.45, 7) is 4.12. The summed E-state index contributed by atoms with van der Waals surface area (Å²) in [5, 5.41) is 31.9. The largest absolute Gasteiger partial charge is 0.387 e. The van der Waals surface area contributed by atoms with E-state index in [2.05, 4.69) is 32.1 Å². The van der Waals surface area contributed by atoms with Crippen LogP contribution in [-0.2, 0) is 11.3 Å². The first-order valence-corrected chi connectivity index (χ1v) is 12.2. The van der Waals surface area contributed by atoms with Crippen LogP contribution in [-0.4, -0.2) is 49.8 Å². The first kappa shape index (κ1) is 27.2. The molecule has 200 valence electrons. The maximum Gasteiger partial charge on any atom is 0.255 e. The van der Waals surface area contributed by atoms with Crippen molar-refractivity contribution >= 4 is 28.7 Å². The van der Waals surface area contributed by atoms with Gasteiger partial charge in [-0.2, -0.15) is 10.4 Å². The van der Waals surface area contributed by atoms with Crippen molar-refractivity contribution in [3.05, 3.63) is 77.6 Å². The number of hydrogen-bond donors (Lipinski definition) is 4. The lowest BCUT2D eigenvalue weighted by molar-refractivity contribution is -0.119. The van der Waals surface area contributed by atoms with Crippen LogP contribution >= 0.6 is 0 Å². The first-order valence-electron chi connectivity index (χ1n) is 12.2. The molecule has 0 unspecified atom stereocenters. The van der Waals surface area contributed by atoms with Gasteiger partial charge in [0, 0.05) is 25.4 Å². The molecular formula is C28H28FN7O3. The zero-order valence-corrected chi connectivity index (χ0v) is 21.7. The number of hydrogen-bond acceptors (Lipinski definition) is 7. The Hall–Kier alpha value is -4.82. The topological polar surface area (TPSA) is 144 Å². The fourth-order valence-electron chi connectivity index (χ4n) is 3.75. The van der Waals surface area contributed by atoms with Gasteiger partial charge < -0.3 is 21.1 Å². The second-order valence-electron chi connectivity index (χ2n) is 9.59. The number of nitriles is 1. The van der Waals surface area contributed by atoms with Crippen molar-refractivity contribution in [1.82, 2.24) is 25.2 Å².